The van der Waals surface area contributed by atoms with Crippen molar-refractivity contribution in [2.45, 2.75) is 50.0 Å². The molecule has 6 nitrogen and oxygen atoms in total. The lowest BCUT2D eigenvalue weighted by molar-refractivity contribution is -0.148. The smallest absolute Gasteiger partial charge is 0.316 e. The third kappa shape index (κ3) is 3.29. The normalized spacial score (nSPS) is 26.5. The number of allylic oxidation sites excluding steroid dienone is 1. The molecule has 3 rings (SSSR count). The number of hydrogen-bond acceptors (Lipinski definition) is 5. The SMILES string of the molecule is C=C[C@@H]1CCC[C@@H](Nc2nccnc2C2(C(=O)O)CCOCC2)C1. The van der Waals surface area contributed by atoms with Crippen LogP contribution in [0.1, 0.15) is 44.2 Å². The van der Waals surface area contributed by atoms with E-state index in [2.05, 4.69) is 21.9 Å². The zero-order chi connectivity index (χ0) is 17.0. The summed E-state index contributed by atoms with van der Waals surface area (Å²) in [5.41, 5.74) is -0.469. The van der Waals surface area contributed by atoms with Crippen LogP contribution in [0.4, 0.5) is 5.82 Å². The number of aliphatic carboxylic acids is 1. The van der Waals surface area contributed by atoms with E-state index in [1.807, 2.05) is 6.08 Å². The molecule has 1 aromatic heterocycles. The Bertz CT molecular complexity index is 599. The molecule has 24 heavy (non-hydrogen) atoms. The van der Waals surface area contributed by atoms with Crippen LogP contribution in [-0.2, 0) is 14.9 Å². The summed E-state index contributed by atoms with van der Waals surface area (Å²) in [5, 5.41) is 13.4. The summed E-state index contributed by atoms with van der Waals surface area (Å²) in [4.78, 5) is 20.9. The number of aromatic nitrogens is 2. The number of carboxylic acid groups (broad SMARTS) is 1. The minimum absolute atomic E-state index is 0.280. The quantitative estimate of drug-likeness (QED) is 0.807. The van der Waals surface area contributed by atoms with Gasteiger partial charge in [0.05, 0.1) is 0 Å². The fourth-order valence-electron chi connectivity index (χ4n) is 3.83. The highest BCUT2D eigenvalue weighted by atomic mass is 16.5. The van der Waals surface area contributed by atoms with E-state index in [0.29, 0.717) is 43.5 Å². The first kappa shape index (κ1) is 16.9. The van der Waals surface area contributed by atoms with Crippen molar-refractivity contribution in [2.24, 2.45) is 5.92 Å². The molecule has 0 aromatic carbocycles. The molecule has 0 radical (unpaired) electrons. The van der Waals surface area contributed by atoms with Gasteiger partial charge in [-0.25, -0.2) is 4.98 Å². The molecule has 1 aromatic rings. The Morgan fingerprint density at radius 3 is 2.79 bits per heavy atom. The zero-order valence-corrected chi connectivity index (χ0v) is 13.9. The van der Waals surface area contributed by atoms with Crippen LogP contribution < -0.4 is 5.32 Å². The summed E-state index contributed by atoms with van der Waals surface area (Å²) >= 11 is 0. The first-order valence-corrected chi connectivity index (χ1v) is 8.67. The van der Waals surface area contributed by atoms with Gasteiger partial charge in [0.1, 0.15) is 16.9 Å². The number of hydrogen-bond donors (Lipinski definition) is 2. The maximum Gasteiger partial charge on any atom is 0.316 e. The fourth-order valence-corrected chi connectivity index (χ4v) is 3.83. The molecule has 130 valence electrons. The standard InChI is InChI=1S/C18H25N3O3/c1-2-13-4-3-5-14(12-13)21-16-15(19-8-9-20-16)18(17(22)23)6-10-24-11-7-18/h2,8-9,13-14H,1,3-7,10-12H2,(H,20,21)(H,22,23)/t13-,14-/m1/s1. The second kappa shape index (κ2) is 7.30. The van der Waals surface area contributed by atoms with Gasteiger partial charge in [0.15, 0.2) is 0 Å². The van der Waals surface area contributed by atoms with Crippen molar-refractivity contribution in [2.75, 3.05) is 18.5 Å². The Kier molecular flexibility index (Phi) is 5.14. The topological polar surface area (TPSA) is 84.3 Å². The van der Waals surface area contributed by atoms with Gasteiger partial charge in [0, 0.05) is 31.6 Å². The van der Waals surface area contributed by atoms with E-state index in [-0.39, 0.29) is 6.04 Å². The van der Waals surface area contributed by atoms with Gasteiger partial charge in [0.25, 0.3) is 0 Å². The Labute approximate surface area is 142 Å². The number of ether oxygens (including phenoxy) is 1. The Hall–Kier alpha value is -1.95. The molecule has 0 unspecified atom stereocenters. The molecule has 6 heteroatoms. The lowest BCUT2D eigenvalue weighted by atomic mass is 9.76. The molecule has 1 saturated heterocycles. The van der Waals surface area contributed by atoms with E-state index < -0.39 is 11.4 Å². The summed E-state index contributed by atoms with van der Waals surface area (Å²) in [5.74, 6) is 0.270. The van der Waals surface area contributed by atoms with E-state index >= 15 is 0 Å². The van der Waals surface area contributed by atoms with E-state index in [4.69, 9.17) is 4.74 Å². The minimum atomic E-state index is -1.01. The maximum absolute atomic E-state index is 12.1. The van der Waals surface area contributed by atoms with Crippen LogP contribution in [0.25, 0.3) is 0 Å². The van der Waals surface area contributed by atoms with Crippen molar-refractivity contribution in [3.8, 4) is 0 Å². The lowest BCUT2D eigenvalue weighted by Crippen LogP contribution is -2.43. The molecule has 1 aliphatic carbocycles. The Morgan fingerprint density at radius 2 is 2.08 bits per heavy atom. The molecule has 0 bridgehead atoms. The van der Waals surface area contributed by atoms with Crippen molar-refractivity contribution in [3.63, 3.8) is 0 Å². The molecule has 0 amide bonds. The summed E-state index contributed by atoms with van der Waals surface area (Å²) in [6.07, 6.45) is 10.4. The highest BCUT2D eigenvalue weighted by Gasteiger charge is 2.45. The molecule has 2 fully saturated rings. The molecule has 2 atom stereocenters. The fraction of sp³-hybridized carbons (Fsp3) is 0.611. The van der Waals surface area contributed by atoms with E-state index in [0.717, 1.165) is 19.3 Å². The second-order valence-electron chi connectivity index (χ2n) is 6.76. The number of rotatable bonds is 5. The summed E-state index contributed by atoms with van der Waals surface area (Å²) in [7, 11) is 0. The summed E-state index contributed by atoms with van der Waals surface area (Å²) < 4.78 is 5.37. The van der Waals surface area contributed by atoms with Crippen LogP contribution in [0, 0.1) is 5.92 Å². The van der Waals surface area contributed by atoms with Gasteiger partial charge in [-0.05, 0) is 38.0 Å². The number of nitrogens with zero attached hydrogens (tertiary/aromatic N) is 2. The molecular weight excluding hydrogens is 306 g/mol. The van der Waals surface area contributed by atoms with Gasteiger partial charge in [-0.1, -0.05) is 12.5 Å². The van der Waals surface area contributed by atoms with Gasteiger partial charge in [-0.3, -0.25) is 9.78 Å². The average Bonchev–Trinajstić information content (AvgIpc) is 2.63. The van der Waals surface area contributed by atoms with Crippen LogP contribution in [0.2, 0.25) is 0 Å². The summed E-state index contributed by atoms with van der Waals surface area (Å²) in [6.45, 7) is 4.77. The van der Waals surface area contributed by atoms with Crippen LogP contribution in [0.3, 0.4) is 0 Å². The van der Waals surface area contributed by atoms with Crippen molar-refractivity contribution in [3.05, 3.63) is 30.7 Å². The predicted molar refractivity (Wildman–Crippen MR) is 91.0 cm³/mol. The van der Waals surface area contributed by atoms with E-state index in [9.17, 15) is 9.90 Å². The molecule has 0 spiro atoms. The van der Waals surface area contributed by atoms with Crippen LogP contribution in [-0.4, -0.2) is 40.3 Å². The van der Waals surface area contributed by atoms with E-state index in [1.54, 1.807) is 12.4 Å². The monoisotopic (exact) mass is 331 g/mol. The first-order chi connectivity index (χ1) is 11.7. The van der Waals surface area contributed by atoms with Gasteiger partial charge in [-0.15, -0.1) is 6.58 Å². The predicted octanol–water partition coefficient (Wildman–Crippen LogP) is 2.77. The zero-order valence-electron chi connectivity index (χ0n) is 13.9. The van der Waals surface area contributed by atoms with Crippen LogP contribution in [0.5, 0.6) is 0 Å². The highest BCUT2D eigenvalue weighted by Crippen LogP contribution is 2.38. The Balaban J connectivity index is 1.87. The molecule has 2 N–H and O–H groups in total. The van der Waals surface area contributed by atoms with Crippen molar-refractivity contribution < 1.29 is 14.6 Å². The number of nitrogens with one attached hydrogen (secondary N) is 1. The highest BCUT2D eigenvalue weighted by molar-refractivity contribution is 5.82. The van der Waals surface area contributed by atoms with Gasteiger partial charge < -0.3 is 15.2 Å². The molecule has 2 heterocycles. The Morgan fingerprint density at radius 1 is 1.33 bits per heavy atom. The average molecular weight is 331 g/mol. The summed E-state index contributed by atoms with van der Waals surface area (Å²) in [6, 6.07) is 0.280. The first-order valence-electron chi connectivity index (χ1n) is 8.67. The number of carboxylic acids is 1. The van der Waals surface area contributed by atoms with Crippen molar-refractivity contribution >= 4 is 11.8 Å². The van der Waals surface area contributed by atoms with Crippen LogP contribution >= 0.6 is 0 Å². The largest absolute Gasteiger partial charge is 0.481 e. The maximum atomic E-state index is 12.1. The van der Waals surface area contributed by atoms with Crippen molar-refractivity contribution in [1.29, 1.82) is 0 Å². The molecular formula is C18H25N3O3. The molecule has 2 aliphatic rings. The third-order valence-electron chi connectivity index (χ3n) is 5.30. The third-order valence-corrected chi connectivity index (χ3v) is 5.30. The van der Waals surface area contributed by atoms with Gasteiger partial charge in [0.2, 0.25) is 0 Å². The lowest BCUT2D eigenvalue weighted by Gasteiger charge is -2.35. The van der Waals surface area contributed by atoms with Crippen LogP contribution in [0.15, 0.2) is 25.0 Å². The van der Waals surface area contributed by atoms with Crippen molar-refractivity contribution in [1.82, 2.24) is 9.97 Å². The van der Waals surface area contributed by atoms with Gasteiger partial charge >= 0.3 is 5.97 Å². The number of carbonyl (C=O) groups is 1. The molecule has 1 aliphatic heterocycles. The number of anilines is 1. The van der Waals surface area contributed by atoms with E-state index in [1.165, 1.54) is 6.42 Å². The second-order valence-corrected chi connectivity index (χ2v) is 6.76. The minimum Gasteiger partial charge on any atom is -0.481 e. The van der Waals surface area contributed by atoms with Gasteiger partial charge in [-0.2, -0.15) is 0 Å². The molecule has 1 saturated carbocycles.